The molecule has 0 bridgehead atoms. The normalized spacial score (nSPS) is 15.4. The second-order valence-electron chi connectivity index (χ2n) is 5.59. The summed E-state index contributed by atoms with van der Waals surface area (Å²) in [5, 5.41) is 11.4. The van der Waals surface area contributed by atoms with Crippen molar-refractivity contribution in [3.63, 3.8) is 0 Å². The van der Waals surface area contributed by atoms with Gasteiger partial charge in [0.2, 0.25) is 0 Å². The van der Waals surface area contributed by atoms with Crippen LogP contribution >= 0.6 is 35.6 Å². The van der Waals surface area contributed by atoms with Gasteiger partial charge in [-0.05, 0) is 29.8 Å². The Morgan fingerprint density at radius 2 is 1.93 bits per heavy atom. The molecule has 2 aromatic rings. The molecule has 27 heavy (non-hydrogen) atoms. The highest BCUT2D eigenvalue weighted by molar-refractivity contribution is 8.26. The van der Waals surface area contributed by atoms with Crippen LogP contribution in [0.1, 0.15) is 11.1 Å². The monoisotopic (exact) mass is 418 g/mol. The molecule has 1 heterocycles. The fourth-order valence-corrected chi connectivity index (χ4v) is 3.80. The summed E-state index contributed by atoms with van der Waals surface area (Å²) < 4.78 is 5.92. The van der Waals surface area contributed by atoms with Gasteiger partial charge in [0.25, 0.3) is 5.91 Å². The average molecular weight is 419 g/mol. The van der Waals surface area contributed by atoms with Crippen molar-refractivity contribution in [2.45, 2.75) is 6.61 Å². The van der Waals surface area contributed by atoms with Crippen molar-refractivity contribution in [3.05, 3.63) is 69.6 Å². The van der Waals surface area contributed by atoms with E-state index in [1.54, 1.807) is 36.4 Å². The van der Waals surface area contributed by atoms with Gasteiger partial charge in [0.05, 0.1) is 17.4 Å². The molecule has 1 aliphatic heterocycles. The van der Waals surface area contributed by atoms with Crippen molar-refractivity contribution in [2.24, 2.45) is 0 Å². The van der Waals surface area contributed by atoms with Crippen LogP contribution in [0, 0.1) is 0 Å². The van der Waals surface area contributed by atoms with Gasteiger partial charge in [0, 0.05) is 10.6 Å². The quantitative estimate of drug-likeness (QED) is 0.530. The van der Waals surface area contributed by atoms with Crippen molar-refractivity contribution in [1.82, 2.24) is 4.90 Å². The number of hydrogen-bond acceptors (Lipinski definition) is 6. The smallest absolute Gasteiger partial charge is 0.266 e. The highest BCUT2D eigenvalue weighted by Gasteiger charge is 2.31. The van der Waals surface area contributed by atoms with Crippen molar-refractivity contribution in [3.8, 4) is 5.75 Å². The fraction of sp³-hybridized carbons (Fsp3) is 0.105. The number of aliphatic carboxylic acids is 1. The van der Waals surface area contributed by atoms with Gasteiger partial charge in [0.1, 0.15) is 16.7 Å². The minimum atomic E-state index is -1.35. The van der Waals surface area contributed by atoms with E-state index in [4.69, 9.17) is 28.6 Å². The van der Waals surface area contributed by atoms with E-state index in [2.05, 4.69) is 0 Å². The molecule has 0 atom stereocenters. The van der Waals surface area contributed by atoms with Crippen LogP contribution in [0.3, 0.4) is 0 Å². The summed E-state index contributed by atoms with van der Waals surface area (Å²) in [7, 11) is 0. The number of carboxylic acids is 1. The van der Waals surface area contributed by atoms with Crippen LogP contribution in [-0.2, 0) is 16.2 Å². The molecule has 8 heteroatoms. The predicted octanol–water partition coefficient (Wildman–Crippen LogP) is 2.87. The lowest BCUT2D eigenvalue weighted by molar-refractivity contribution is -0.305. The summed E-state index contributed by atoms with van der Waals surface area (Å²) in [5.74, 6) is -1.13. The minimum Gasteiger partial charge on any atom is -0.548 e. The lowest BCUT2D eigenvalue weighted by atomic mass is 10.2. The second kappa shape index (κ2) is 8.56. The number of benzene rings is 2. The Hall–Kier alpha value is -2.35. The Morgan fingerprint density at radius 1 is 1.22 bits per heavy atom. The molecule has 0 unspecified atom stereocenters. The van der Waals surface area contributed by atoms with E-state index in [0.717, 1.165) is 27.8 Å². The fourth-order valence-electron chi connectivity index (χ4n) is 2.35. The second-order valence-corrected chi connectivity index (χ2v) is 7.67. The summed E-state index contributed by atoms with van der Waals surface area (Å²) in [6.07, 6.45) is 1.66. The van der Waals surface area contributed by atoms with Crippen LogP contribution in [0.25, 0.3) is 6.08 Å². The molecular formula is C19H13ClNO4S2-. The molecule has 0 spiro atoms. The SMILES string of the molecule is O=C([O-])CN1C(=O)/C(=C\c2ccc(OCc3ccccc3Cl)cc2)SC1=S. The number of thioether (sulfide) groups is 1. The van der Waals surface area contributed by atoms with Crippen molar-refractivity contribution in [2.75, 3.05) is 6.54 Å². The molecule has 138 valence electrons. The first kappa shape index (κ1) is 19.4. The summed E-state index contributed by atoms with van der Waals surface area (Å²) >= 11 is 12.2. The summed E-state index contributed by atoms with van der Waals surface area (Å²) in [6, 6.07) is 14.6. The maximum Gasteiger partial charge on any atom is 0.266 e. The van der Waals surface area contributed by atoms with E-state index in [1.807, 2.05) is 18.2 Å². The first-order chi connectivity index (χ1) is 12.9. The molecule has 1 saturated heterocycles. The van der Waals surface area contributed by atoms with Gasteiger partial charge in [-0.15, -0.1) is 0 Å². The average Bonchev–Trinajstić information content (AvgIpc) is 2.89. The zero-order valence-corrected chi connectivity index (χ0v) is 16.3. The van der Waals surface area contributed by atoms with Gasteiger partial charge < -0.3 is 14.6 Å². The summed E-state index contributed by atoms with van der Waals surface area (Å²) in [6.45, 7) is -0.197. The van der Waals surface area contributed by atoms with E-state index in [9.17, 15) is 14.7 Å². The summed E-state index contributed by atoms with van der Waals surface area (Å²) in [4.78, 5) is 24.3. The number of nitrogens with zero attached hydrogens (tertiary/aromatic N) is 1. The molecule has 0 aliphatic carbocycles. The zero-order valence-electron chi connectivity index (χ0n) is 13.9. The molecule has 1 amide bonds. The van der Waals surface area contributed by atoms with E-state index in [0.29, 0.717) is 22.3 Å². The number of halogens is 1. The van der Waals surface area contributed by atoms with Crippen LogP contribution in [0.2, 0.25) is 5.02 Å². The molecule has 1 aliphatic rings. The molecule has 1 fully saturated rings. The topological polar surface area (TPSA) is 69.7 Å². The zero-order chi connectivity index (χ0) is 19.4. The summed E-state index contributed by atoms with van der Waals surface area (Å²) in [5.41, 5.74) is 1.66. The Labute approximate surface area is 170 Å². The van der Waals surface area contributed by atoms with Gasteiger partial charge in [-0.2, -0.15) is 0 Å². The number of carbonyl (C=O) groups is 2. The van der Waals surface area contributed by atoms with Crippen LogP contribution in [0.15, 0.2) is 53.4 Å². The lowest BCUT2D eigenvalue weighted by Crippen LogP contribution is -2.40. The number of thiocarbonyl (C=S) groups is 1. The molecule has 0 saturated carbocycles. The highest BCUT2D eigenvalue weighted by atomic mass is 35.5. The first-order valence-corrected chi connectivity index (χ1v) is 9.46. The predicted molar refractivity (Wildman–Crippen MR) is 107 cm³/mol. The van der Waals surface area contributed by atoms with Crippen molar-refractivity contribution in [1.29, 1.82) is 0 Å². The number of rotatable bonds is 6. The number of carbonyl (C=O) groups excluding carboxylic acids is 2. The van der Waals surface area contributed by atoms with Crippen molar-refractivity contribution < 1.29 is 19.4 Å². The molecule has 0 aromatic heterocycles. The lowest BCUT2D eigenvalue weighted by Gasteiger charge is -2.14. The van der Waals surface area contributed by atoms with Crippen molar-refractivity contribution >= 4 is 57.9 Å². The maximum atomic E-state index is 12.2. The van der Waals surface area contributed by atoms with Gasteiger partial charge >= 0.3 is 0 Å². The molecule has 0 radical (unpaired) electrons. The third kappa shape index (κ3) is 4.88. The Kier molecular flexibility index (Phi) is 6.15. The van der Waals surface area contributed by atoms with E-state index >= 15 is 0 Å². The van der Waals surface area contributed by atoms with Crippen LogP contribution < -0.4 is 9.84 Å². The van der Waals surface area contributed by atoms with Gasteiger partial charge in [0.15, 0.2) is 0 Å². The van der Waals surface area contributed by atoms with Gasteiger partial charge in [-0.3, -0.25) is 9.69 Å². The van der Waals surface area contributed by atoms with Crippen LogP contribution in [0.5, 0.6) is 5.75 Å². The largest absolute Gasteiger partial charge is 0.548 e. The standard InChI is InChI=1S/C19H14ClNO4S2/c20-15-4-2-1-3-13(15)11-25-14-7-5-12(6-8-14)9-16-18(24)21(10-17(22)23)19(26)27-16/h1-9H,10-11H2,(H,22,23)/p-1/b16-9+. The number of hydrogen-bond donors (Lipinski definition) is 0. The molecule has 3 rings (SSSR count). The van der Waals surface area contributed by atoms with Gasteiger partial charge in [-0.25, -0.2) is 0 Å². The van der Waals surface area contributed by atoms with E-state index in [-0.39, 0.29) is 4.32 Å². The molecule has 2 aromatic carbocycles. The molecule has 0 N–H and O–H groups in total. The molecular weight excluding hydrogens is 406 g/mol. The highest BCUT2D eigenvalue weighted by Crippen LogP contribution is 2.32. The molecule has 5 nitrogen and oxygen atoms in total. The Balaban J connectivity index is 1.66. The minimum absolute atomic E-state index is 0.204. The maximum absolute atomic E-state index is 12.2. The van der Waals surface area contributed by atoms with Crippen LogP contribution in [0.4, 0.5) is 0 Å². The number of amides is 1. The van der Waals surface area contributed by atoms with E-state index in [1.165, 1.54) is 0 Å². The number of carboxylic acid groups (broad SMARTS) is 1. The van der Waals surface area contributed by atoms with Crippen LogP contribution in [-0.4, -0.2) is 27.6 Å². The first-order valence-electron chi connectivity index (χ1n) is 7.85. The third-order valence-corrected chi connectivity index (χ3v) is 5.44. The van der Waals surface area contributed by atoms with Gasteiger partial charge in [-0.1, -0.05) is 65.9 Å². The third-order valence-electron chi connectivity index (χ3n) is 3.69. The Morgan fingerprint density at radius 3 is 2.59 bits per heavy atom. The Bertz CT molecular complexity index is 928. The number of ether oxygens (including phenoxy) is 1. The van der Waals surface area contributed by atoms with E-state index < -0.39 is 18.4 Å².